The Hall–Kier alpha value is -2.89. The molecule has 1 aliphatic rings. The van der Waals surface area contributed by atoms with Gasteiger partial charge in [0.15, 0.2) is 0 Å². The largest absolute Gasteiger partial charge is 0.497 e. The van der Waals surface area contributed by atoms with Gasteiger partial charge in [-0.3, -0.25) is 14.6 Å². The molecule has 6 nitrogen and oxygen atoms in total. The molecule has 3 rings (SSSR count). The zero-order chi connectivity index (χ0) is 19.8. The van der Waals surface area contributed by atoms with E-state index in [-0.39, 0.29) is 23.6 Å². The van der Waals surface area contributed by atoms with Crippen molar-refractivity contribution in [1.29, 1.82) is 0 Å². The van der Waals surface area contributed by atoms with Crippen molar-refractivity contribution in [3.63, 3.8) is 0 Å². The molecular weight excluding hydrogens is 354 g/mol. The molecular formula is C22H27N3O3. The lowest BCUT2D eigenvalue weighted by atomic mass is 10.1. The first-order valence-electron chi connectivity index (χ1n) is 9.84. The third kappa shape index (κ3) is 5.55. The molecule has 1 aromatic carbocycles. The van der Waals surface area contributed by atoms with Crippen LogP contribution < -0.4 is 15.4 Å². The number of pyridine rings is 1. The molecule has 0 saturated heterocycles. The first-order valence-corrected chi connectivity index (χ1v) is 9.84. The standard InChI is InChI=1S/C22H27N3O3/c1-28-19-10-8-16(9-11-19)15-24-21(26)17-12-13-23-20(14-17)22(27)25-18-6-4-2-3-5-7-18/h8-14,18H,2-7,15H2,1H3,(H,24,26)(H,25,27). The fourth-order valence-corrected chi connectivity index (χ4v) is 3.41. The minimum absolute atomic E-state index is 0.198. The molecule has 2 amide bonds. The fourth-order valence-electron chi connectivity index (χ4n) is 3.41. The molecule has 1 heterocycles. The molecule has 0 radical (unpaired) electrons. The van der Waals surface area contributed by atoms with Crippen LogP contribution in [-0.4, -0.2) is 29.9 Å². The Morgan fingerprint density at radius 1 is 1.04 bits per heavy atom. The van der Waals surface area contributed by atoms with Gasteiger partial charge in [0, 0.05) is 24.3 Å². The number of carbonyl (C=O) groups is 2. The topological polar surface area (TPSA) is 80.3 Å². The number of benzene rings is 1. The number of hydrogen-bond donors (Lipinski definition) is 2. The van der Waals surface area contributed by atoms with Gasteiger partial charge in [-0.25, -0.2) is 0 Å². The van der Waals surface area contributed by atoms with Crippen LogP contribution in [0.2, 0.25) is 0 Å². The van der Waals surface area contributed by atoms with Crippen LogP contribution in [0, 0.1) is 0 Å². The Bertz CT molecular complexity index is 797. The van der Waals surface area contributed by atoms with Gasteiger partial charge in [0.1, 0.15) is 11.4 Å². The molecule has 28 heavy (non-hydrogen) atoms. The summed E-state index contributed by atoms with van der Waals surface area (Å²) in [6.07, 6.45) is 8.27. The van der Waals surface area contributed by atoms with Gasteiger partial charge in [-0.15, -0.1) is 0 Å². The molecule has 0 aliphatic heterocycles. The number of carbonyl (C=O) groups excluding carboxylic acids is 2. The van der Waals surface area contributed by atoms with Crippen LogP contribution in [0.5, 0.6) is 5.75 Å². The van der Waals surface area contributed by atoms with Crippen molar-refractivity contribution in [2.45, 2.75) is 51.1 Å². The quantitative estimate of drug-likeness (QED) is 0.751. The van der Waals surface area contributed by atoms with Gasteiger partial charge >= 0.3 is 0 Å². The summed E-state index contributed by atoms with van der Waals surface area (Å²) in [7, 11) is 1.61. The average molecular weight is 381 g/mol. The lowest BCUT2D eigenvalue weighted by Crippen LogP contribution is -2.35. The molecule has 1 aliphatic carbocycles. The molecule has 2 aromatic rings. The average Bonchev–Trinajstić information content (AvgIpc) is 3.01. The zero-order valence-corrected chi connectivity index (χ0v) is 16.2. The number of ether oxygens (including phenoxy) is 1. The lowest BCUT2D eigenvalue weighted by molar-refractivity contribution is 0.0928. The number of aromatic nitrogens is 1. The Labute approximate surface area is 165 Å². The number of rotatable bonds is 6. The van der Waals surface area contributed by atoms with Crippen molar-refractivity contribution < 1.29 is 14.3 Å². The molecule has 1 fully saturated rings. The van der Waals surface area contributed by atoms with Crippen molar-refractivity contribution in [1.82, 2.24) is 15.6 Å². The summed E-state index contributed by atoms with van der Waals surface area (Å²) in [6.45, 7) is 0.398. The monoisotopic (exact) mass is 381 g/mol. The van der Waals surface area contributed by atoms with E-state index in [0.717, 1.165) is 37.0 Å². The third-order valence-electron chi connectivity index (χ3n) is 5.06. The van der Waals surface area contributed by atoms with Gasteiger partial charge in [-0.05, 0) is 42.7 Å². The lowest BCUT2D eigenvalue weighted by Gasteiger charge is -2.16. The van der Waals surface area contributed by atoms with Crippen molar-refractivity contribution in [2.24, 2.45) is 0 Å². The molecule has 0 atom stereocenters. The normalized spacial score (nSPS) is 14.8. The van der Waals surface area contributed by atoms with Crippen molar-refractivity contribution in [3.8, 4) is 5.75 Å². The van der Waals surface area contributed by atoms with Gasteiger partial charge in [0.2, 0.25) is 0 Å². The summed E-state index contributed by atoms with van der Waals surface area (Å²) in [5, 5.41) is 5.93. The smallest absolute Gasteiger partial charge is 0.270 e. The van der Waals surface area contributed by atoms with E-state index < -0.39 is 0 Å². The van der Waals surface area contributed by atoms with Gasteiger partial charge in [-0.2, -0.15) is 0 Å². The summed E-state index contributed by atoms with van der Waals surface area (Å²) < 4.78 is 5.13. The maximum atomic E-state index is 12.5. The number of nitrogens with one attached hydrogen (secondary N) is 2. The summed E-state index contributed by atoms with van der Waals surface area (Å²) in [6, 6.07) is 10.9. The van der Waals surface area contributed by atoms with Crippen LogP contribution in [0.1, 0.15) is 64.9 Å². The SMILES string of the molecule is COc1ccc(CNC(=O)c2ccnc(C(=O)NC3CCCCCC3)c2)cc1. The van der Waals surface area contributed by atoms with E-state index >= 15 is 0 Å². The Morgan fingerprint density at radius 2 is 1.75 bits per heavy atom. The highest BCUT2D eigenvalue weighted by Gasteiger charge is 2.17. The molecule has 148 valence electrons. The van der Waals surface area contributed by atoms with Gasteiger partial charge in [0.25, 0.3) is 11.8 Å². The summed E-state index contributed by atoms with van der Waals surface area (Å²) >= 11 is 0. The Balaban J connectivity index is 1.57. The number of methoxy groups -OCH3 is 1. The van der Waals surface area contributed by atoms with Crippen LogP contribution in [-0.2, 0) is 6.54 Å². The fraction of sp³-hybridized carbons (Fsp3) is 0.409. The van der Waals surface area contributed by atoms with E-state index in [1.165, 1.54) is 19.0 Å². The van der Waals surface area contributed by atoms with E-state index in [1.807, 2.05) is 24.3 Å². The predicted molar refractivity (Wildman–Crippen MR) is 107 cm³/mol. The Morgan fingerprint density at radius 3 is 2.43 bits per heavy atom. The summed E-state index contributed by atoms with van der Waals surface area (Å²) in [4.78, 5) is 29.1. The second-order valence-electron chi connectivity index (χ2n) is 7.12. The van der Waals surface area contributed by atoms with Crippen molar-refractivity contribution in [3.05, 3.63) is 59.4 Å². The van der Waals surface area contributed by atoms with E-state index in [4.69, 9.17) is 4.74 Å². The van der Waals surface area contributed by atoms with Crippen LogP contribution in [0.15, 0.2) is 42.6 Å². The highest BCUT2D eigenvalue weighted by Crippen LogP contribution is 2.17. The van der Waals surface area contributed by atoms with Gasteiger partial charge in [-0.1, -0.05) is 37.8 Å². The molecule has 1 saturated carbocycles. The summed E-state index contributed by atoms with van der Waals surface area (Å²) in [5.41, 5.74) is 1.67. The van der Waals surface area contributed by atoms with Crippen LogP contribution in [0.3, 0.4) is 0 Å². The summed E-state index contributed by atoms with van der Waals surface area (Å²) in [5.74, 6) is 0.326. The molecule has 2 N–H and O–H groups in total. The predicted octanol–water partition coefficient (Wildman–Crippen LogP) is 3.47. The first kappa shape index (κ1) is 19.9. The van der Waals surface area contributed by atoms with Gasteiger partial charge in [0.05, 0.1) is 7.11 Å². The highest BCUT2D eigenvalue weighted by molar-refractivity contribution is 5.98. The second kappa shape index (κ2) is 9.88. The minimum Gasteiger partial charge on any atom is -0.497 e. The van der Waals surface area contributed by atoms with E-state index in [0.29, 0.717) is 12.1 Å². The molecule has 0 unspecified atom stereocenters. The van der Waals surface area contributed by atoms with E-state index in [1.54, 1.807) is 19.2 Å². The van der Waals surface area contributed by atoms with Crippen molar-refractivity contribution in [2.75, 3.05) is 7.11 Å². The minimum atomic E-state index is -0.235. The van der Waals surface area contributed by atoms with Crippen LogP contribution >= 0.6 is 0 Å². The number of hydrogen-bond acceptors (Lipinski definition) is 4. The maximum Gasteiger partial charge on any atom is 0.270 e. The van der Waals surface area contributed by atoms with Crippen LogP contribution in [0.4, 0.5) is 0 Å². The third-order valence-corrected chi connectivity index (χ3v) is 5.06. The zero-order valence-electron chi connectivity index (χ0n) is 16.2. The maximum absolute atomic E-state index is 12.5. The molecule has 1 aromatic heterocycles. The highest BCUT2D eigenvalue weighted by atomic mass is 16.5. The molecule has 0 bridgehead atoms. The van der Waals surface area contributed by atoms with E-state index in [2.05, 4.69) is 15.6 Å². The number of nitrogens with zero attached hydrogens (tertiary/aromatic N) is 1. The van der Waals surface area contributed by atoms with Crippen LogP contribution in [0.25, 0.3) is 0 Å². The molecule has 6 heteroatoms. The van der Waals surface area contributed by atoms with Crippen molar-refractivity contribution >= 4 is 11.8 Å². The molecule has 0 spiro atoms. The van der Waals surface area contributed by atoms with E-state index in [9.17, 15) is 9.59 Å². The first-order chi connectivity index (χ1) is 13.7. The second-order valence-corrected chi connectivity index (χ2v) is 7.12. The Kier molecular flexibility index (Phi) is 7.00. The number of amides is 2. The van der Waals surface area contributed by atoms with Gasteiger partial charge < -0.3 is 15.4 Å².